The van der Waals surface area contributed by atoms with E-state index in [9.17, 15) is 0 Å². The van der Waals surface area contributed by atoms with E-state index in [2.05, 4.69) is 30.7 Å². The van der Waals surface area contributed by atoms with Crippen LogP contribution in [0.25, 0.3) is 0 Å². The molecule has 0 saturated carbocycles. The number of rotatable bonds is 4. The fraction of sp³-hybridized carbons (Fsp3) is 0.583. The number of aromatic nitrogens is 1. The first kappa shape index (κ1) is 12.0. The van der Waals surface area contributed by atoms with Crippen LogP contribution in [-0.4, -0.2) is 23.2 Å². The number of anilines is 1. The van der Waals surface area contributed by atoms with Crippen LogP contribution in [0.2, 0.25) is 0 Å². The number of hydrogen-bond donors (Lipinski definition) is 1. The topological polar surface area (TPSA) is 36.4 Å². The first-order valence-corrected chi connectivity index (χ1v) is 5.35. The molecule has 15 heavy (non-hydrogen) atoms. The van der Waals surface area contributed by atoms with Gasteiger partial charge in [-0.2, -0.15) is 0 Å². The zero-order valence-corrected chi connectivity index (χ0v) is 9.94. The summed E-state index contributed by atoms with van der Waals surface area (Å²) in [6.45, 7) is 6.63. The van der Waals surface area contributed by atoms with Gasteiger partial charge in [-0.15, -0.1) is 0 Å². The summed E-state index contributed by atoms with van der Waals surface area (Å²) < 4.78 is 0. The molecule has 1 aromatic heterocycles. The van der Waals surface area contributed by atoms with Gasteiger partial charge in [-0.25, -0.2) is 4.98 Å². The molecule has 1 heterocycles. The van der Waals surface area contributed by atoms with Crippen LogP contribution in [0.15, 0.2) is 18.3 Å². The van der Waals surface area contributed by atoms with E-state index in [-0.39, 0.29) is 6.61 Å². The van der Waals surface area contributed by atoms with Crippen molar-refractivity contribution < 1.29 is 5.11 Å². The SMILES string of the molecule is CC(C)C(C)N(C)c1ccc(CO)cn1. The van der Waals surface area contributed by atoms with E-state index in [4.69, 9.17) is 5.11 Å². The molecular weight excluding hydrogens is 188 g/mol. The number of aliphatic hydroxyl groups is 1. The lowest BCUT2D eigenvalue weighted by Gasteiger charge is -2.28. The fourth-order valence-electron chi connectivity index (χ4n) is 1.37. The first-order chi connectivity index (χ1) is 7.06. The highest BCUT2D eigenvalue weighted by molar-refractivity contribution is 5.39. The van der Waals surface area contributed by atoms with E-state index in [0.29, 0.717) is 12.0 Å². The van der Waals surface area contributed by atoms with Crippen molar-refractivity contribution in [3.05, 3.63) is 23.9 Å². The Hall–Kier alpha value is -1.09. The molecule has 0 aromatic carbocycles. The van der Waals surface area contributed by atoms with Gasteiger partial charge in [0.25, 0.3) is 0 Å². The smallest absolute Gasteiger partial charge is 0.128 e. The molecule has 0 amide bonds. The van der Waals surface area contributed by atoms with Crippen LogP contribution in [0.4, 0.5) is 5.82 Å². The van der Waals surface area contributed by atoms with Gasteiger partial charge in [0.2, 0.25) is 0 Å². The van der Waals surface area contributed by atoms with Crippen LogP contribution in [0.5, 0.6) is 0 Å². The summed E-state index contributed by atoms with van der Waals surface area (Å²) in [4.78, 5) is 6.48. The van der Waals surface area contributed by atoms with Crippen LogP contribution in [0, 0.1) is 5.92 Å². The minimum atomic E-state index is 0.0523. The average Bonchev–Trinajstić information content (AvgIpc) is 2.27. The monoisotopic (exact) mass is 208 g/mol. The van der Waals surface area contributed by atoms with Crippen LogP contribution in [-0.2, 0) is 6.61 Å². The van der Waals surface area contributed by atoms with E-state index in [1.165, 1.54) is 0 Å². The molecule has 0 radical (unpaired) electrons. The average molecular weight is 208 g/mol. The Morgan fingerprint density at radius 2 is 2.00 bits per heavy atom. The number of aliphatic hydroxyl groups excluding tert-OH is 1. The fourth-order valence-corrected chi connectivity index (χ4v) is 1.37. The second-order valence-electron chi connectivity index (χ2n) is 4.28. The second-order valence-corrected chi connectivity index (χ2v) is 4.28. The van der Waals surface area contributed by atoms with Gasteiger partial charge in [0, 0.05) is 19.3 Å². The van der Waals surface area contributed by atoms with Gasteiger partial charge in [0.05, 0.1) is 6.61 Å². The van der Waals surface area contributed by atoms with Crippen LogP contribution in [0.1, 0.15) is 26.3 Å². The van der Waals surface area contributed by atoms with Crippen molar-refractivity contribution in [2.75, 3.05) is 11.9 Å². The quantitative estimate of drug-likeness (QED) is 0.822. The van der Waals surface area contributed by atoms with Crippen LogP contribution >= 0.6 is 0 Å². The third-order valence-corrected chi connectivity index (χ3v) is 2.93. The molecule has 1 atom stereocenters. The Labute approximate surface area is 91.8 Å². The molecule has 0 aliphatic rings. The number of pyridine rings is 1. The molecule has 84 valence electrons. The summed E-state index contributed by atoms with van der Waals surface area (Å²) in [5, 5.41) is 8.91. The Bertz CT molecular complexity index is 295. The minimum absolute atomic E-state index is 0.0523. The van der Waals surface area contributed by atoms with Gasteiger partial charge < -0.3 is 10.0 Å². The van der Waals surface area contributed by atoms with Crippen molar-refractivity contribution in [1.29, 1.82) is 0 Å². The van der Waals surface area contributed by atoms with Crippen molar-refractivity contribution in [3.8, 4) is 0 Å². The molecule has 0 aliphatic heterocycles. The van der Waals surface area contributed by atoms with Gasteiger partial charge in [-0.1, -0.05) is 19.9 Å². The largest absolute Gasteiger partial charge is 0.392 e. The third-order valence-electron chi connectivity index (χ3n) is 2.93. The summed E-state index contributed by atoms with van der Waals surface area (Å²) in [6.07, 6.45) is 1.72. The molecule has 3 nitrogen and oxygen atoms in total. The summed E-state index contributed by atoms with van der Waals surface area (Å²) >= 11 is 0. The van der Waals surface area contributed by atoms with E-state index in [1.54, 1.807) is 6.20 Å². The zero-order chi connectivity index (χ0) is 11.4. The van der Waals surface area contributed by atoms with Crippen molar-refractivity contribution in [2.24, 2.45) is 5.92 Å². The molecule has 1 unspecified atom stereocenters. The molecule has 1 N–H and O–H groups in total. The lowest BCUT2D eigenvalue weighted by Crippen LogP contribution is -2.33. The van der Waals surface area contributed by atoms with Crippen molar-refractivity contribution in [1.82, 2.24) is 4.98 Å². The van der Waals surface area contributed by atoms with Gasteiger partial charge in [0.15, 0.2) is 0 Å². The molecule has 0 spiro atoms. The highest BCUT2D eigenvalue weighted by Gasteiger charge is 2.14. The molecule has 0 saturated heterocycles. The van der Waals surface area contributed by atoms with Gasteiger partial charge >= 0.3 is 0 Å². The summed E-state index contributed by atoms with van der Waals surface area (Å²) in [5.74, 6) is 1.54. The van der Waals surface area contributed by atoms with E-state index >= 15 is 0 Å². The number of hydrogen-bond acceptors (Lipinski definition) is 3. The normalized spacial score (nSPS) is 12.9. The maximum atomic E-state index is 8.91. The van der Waals surface area contributed by atoms with Crippen LogP contribution in [0.3, 0.4) is 0 Å². The molecule has 1 aromatic rings. The maximum absolute atomic E-state index is 8.91. The Balaban J connectivity index is 2.78. The Morgan fingerprint density at radius 3 is 2.40 bits per heavy atom. The molecule has 0 fully saturated rings. The first-order valence-electron chi connectivity index (χ1n) is 5.35. The maximum Gasteiger partial charge on any atom is 0.128 e. The summed E-state index contributed by atoms with van der Waals surface area (Å²) in [7, 11) is 2.05. The highest BCUT2D eigenvalue weighted by atomic mass is 16.3. The lowest BCUT2D eigenvalue weighted by molar-refractivity contribution is 0.281. The Morgan fingerprint density at radius 1 is 1.33 bits per heavy atom. The van der Waals surface area contributed by atoms with Gasteiger partial charge in [0.1, 0.15) is 5.82 Å². The predicted octanol–water partition coefficient (Wildman–Crippen LogP) is 2.05. The van der Waals surface area contributed by atoms with E-state index in [0.717, 1.165) is 11.4 Å². The van der Waals surface area contributed by atoms with Gasteiger partial charge in [-0.3, -0.25) is 0 Å². The van der Waals surface area contributed by atoms with E-state index in [1.807, 2.05) is 19.2 Å². The third kappa shape index (κ3) is 2.93. The van der Waals surface area contributed by atoms with Crippen molar-refractivity contribution >= 4 is 5.82 Å². The second kappa shape index (κ2) is 5.12. The molecule has 3 heteroatoms. The lowest BCUT2D eigenvalue weighted by atomic mass is 10.1. The van der Waals surface area contributed by atoms with Crippen LogP contribution < -0.4 is 4.90 Å². The highest BCUT2D eigenvalue weighted by Crippen LogP contribution is 2.16. The summed E-state index contributed by atoms with van der Waals surface area (Å²) in [5.41, 5.74) is 0.851. The predicted molar refractivity (Wildman–Crippen MR) is 62.9 cm³/mol. The van der Waals surface area contributed by atoms with E-state index < -0.39 is 0 Å². The standard InChI is InChI=1S/C12H20N2O/c1-9(2)10(3)14(4)12-6-5-11(8-15)7-13-12/h5-7,9-10,15H,8H2,1-4H3. The molecule has 0 bridgehead atoms. The molecule has 0 aliphatic carbocycles. The molecule has 1 rings (SSSR count). The molecular formula is C12H20N2O. The van der Waals surface area contributed by atoms with Gasteiger partial charge in [-0.05, 0) is 24.5 Å². The summed E-state index contributed by atoms with van der Waals surface area (Å²) in [6, 6.07) is 4.31. The minimum Gasteiger partial charge on any atom is -0.392 e. The van der Waals surface area contributed by atoms with Crippen molar-refractivity contribution in [2.45, 2.75) is 33.4 Å². The van der Waals surface area contributed by atoms with Crippen molar-refractivity contribution in [3.63, 3.8) is 0 Å². The Kier molecular flexibility index (Phi) is 4.09. The zero-order valence-electron chi connectivity index (χ0n) is 9.94. The number of nitrogens with zero attached hydrogens (tertiary/aromatic N) is 2.